The van der Waals surface area contributed by atoms with Crippen LogP contribution < -0.4 is 16.6 Å². The minimum Gasteiger partial charge on any atom is -0.393 e. The highest BCUT2D eigenvalue weighted by Crippen LogP contribution is 2.28. The number of rotatable bonds is 4. The molecule has 0 bridgehead atoms. The van der Waals surface area contributed by atoms with Crippen molar-refractivity contribution in [3.05, 3.63) is 41.1 Å². The van der Waals surface area contributed by atoms with Crippen molar-refractivity contribution in [3.8, 4) is 11.3 Å². The molecule has 146 valence electrons. The molecule has 1 fully saturated rings. The molecule has 3 aromatic heterocycles. The number of hydrogen-bond acceptors (Lipinski definition) is 7. The predicted molar refractivity (Wildman–Crippen MR) is 109 cm³/mol. The number of pyridine rings is 2. The summed E-state index contributed by atoms with van der Waals surface area (Å²) < 4.78 is 1.67. The van der Waals surface area contributed by atoms with E-state index in [9.17, 15) is 9.90 Å². The molecule has 3 heterocycles. The number of aryl methyl sites for hydroxylation is 1. The number of nitrogens with two attached hydrogens (primary N) is 1. The number of aromatic nitrogens is 4. The third kappa shape index (κ3) is 3.55. The van der Waals surface area contributed by atoms with E-state index < -0.39 is 0 Å². The molecular formula is C20H24N6O2. The van der Waals surface area contributed by atoms with Crippen molar-refractivity contribution in [1.29, 1.82) is 0 Å². The highest BCUT2D eigenvalue weighted by Gasteiger charge is 2.21. The highest BCUT2D eigenvalue weighted by molar-refractivity contribution is 5.93. The quantitative estimate of drug-likeness (QED) is 0.634. The molecule has 1 aliphatic carbocycles. The number of aliphatic hydroxyl groups is 1. The first kappa shape index (κ1) is 18.4. The molecule has 3 aromatic rings. The summed E-state index contributed by atoms with van der Waals surface area (Å²) in [6, 6.07) is 3.98. The summed E-state index contributed by atoms with van der Waals surface area (Å²) >= 11 is 0. The van der Waals surface area contributed by atoms with E-state index >= 15 is 0 Å². The molecular weight excluding hydrogens is 356 g/mol. The molecule has 8 heteroatoms. The maximum atomic E-state index is 13.0. The Labute approximate surface area is 162 Å². The molecule has 4 N–H and O–H groups in total. The normalized spacial score (nSPS) is 19.6. The Morgan fingerprint density at radius 3 is 2.64 bits per heavy atom. The Balaban J connectivity index is 1.83. The summed E-state index contributed by atoms with van der Waals surface area (Å²) in [6.45, 7) is 2.54. The van der Waals surface area contributed by atoms with Crippen LogP contribution in [0.1, 0.15) is 32.6 Å². The van der Waals surface area contributed by atoms with Crippen molar-refractivity contribution < 1.29 is 5.11 Å². The summed E-state index contributed by atoms with van der Waals surface area (Å²) in [5, 5.41) is 14.6. The van der Waals surface area contributed by atoms with Crippen LogP contribution in [0.3, 0.4) is 0 Å². The maximum absolute atomic E-state index is 13.0. The van der Waals surface area contributed by atoms with E-state index in [1.165, 1.54) is 0 Å². The zero-order chi connectivity index (χ0) is 19.7. The standard InChI is InChI=1S/C20H24N6O2/c1-2-26-8-7-12-9-16(13-10-22-20(21)23-11-13)25-18(17(12)19(26)28)24-14-3-5-15(27)6-4-14/h7-11,14-15,27H,2-6H2,1H3,(H,24,25)(H2,21,22,23)/t14-,15-. The van der Waals surface area contributed by atoms with Gasteiger partial charge >= 0.3 is 0 Å². The minimum atomic E-state index is -0.238. The van der Waals surface area contributed by atoms with Crippen LogP contribution in [-0.2, 0) is 6.54 Å². The number of fused-ring (bicyclic) bond motifs is 1. The Bertz CT molecular complexity index is 1040. The second-order valence-corrected chi connectivity index (χ2v) is 7.21. The van der Waals surface area contributed by atoms with E-state index in [-0.39, 0.29) is 23.7 Å². The van der Waals surface area contributed by atoms with Gasteiger partial charge in [0.15, 0.2) is 0 Å². The van der Waals surface area contributed by atoms with E-state index in [2.05, 4.69) is 15.3 Å². The van der Waals surface area contributed by atoms with Crippen LogP contribution in [-0.4, -0.2) is 36.8 Å². The van der Waals surface area contributed by atoms with Crippen LogP contribution in [0.4, 0.5) is 11.8 Å². The lowest BCUT2D eigenvalue weighted by Gasteiger charge is -2.27. The van der Waals surface area contributed by atoms with Crippen molar-refractivity contribution >= 4 is 22.5 Å². The third-order valence-corrected chi connectivity index (χ3v) is 5.30. The van der Waals surface area contributed by atoms with Crippen molar-refractivity contribution in [2.24, 2.45) is 0 Å². The van der Waals surface area contributed by atoms with Crippen molar-refractivity contribution in [2.45, 2.75) is 51.3 Å². The SMILES string of the molecule is CCn1ccc2cc(-c3cnc(N)nc3)nc(N[C@H]3CC[C@H](O)CC3)c2c1=O. The Morgan fingerprint density at radius 1 is 1.25 bits per heavy atom. The lowest BCUT2D eigenvalue weighted by molar-refractivity contribution is 0.126. The Morgan fingerprint density at radius 2 is 1.96 bits per heavy atom. The molecule has 0 saturated heterocycles. The van der Waals surface area contributed by atoms with Crippen molar-refractivity contribution in [2.75, 3.05) is 11.1 Å². The van der Waals surface area contributed by atoms with Crippen LogP contribution in [0.2, 0.25) is 0 Å². The van der Waals surface area contributed by atoms with Gasteiger partial charge in [0.05, 0.1) is 17.2 Å². The number of hydrogen-bond donors (Lipinski definition) is 3. The van der Waals surface area contributed by atoms with E-state index in [0.29, 0.717) is 23.4 Å². The average molecular weight is 380 g/mol. The molecule has 0 amide bonds. The molecule has 0 spiro atoms. The van der Waals surface area contributed by atoms with Crippen LogP contribution in [0.5, 0.6) is 0 Å². The van der Waals surface area contributed by atoms with E-state index in [4.69, 9.17) is 10.7 Å². The van der Waals surface area contributed by atoms with Crippen LogP contribution >= 0.6 is 0 Å². The topological polar surface area (TPSA) is 119 Å². The molecule has 28 heavy (non-hydrogen) atoms. The number of anilines is 2. The van der Waals surface area contributed by atoms with Gasteiger partial charge in [-0.2, -0.15) is 0 Å². The molecule has 0 atom stereocenters. The minimum absolute atomic E-state index is 0.0639. The van der Waals surface area contributed by atoms with Gasteiger partial charge in [0.2, 0.25) is 5.95 Å². The molecule has 0 aliphatic heterocycles. The maximum Gasteiger partial charge on any atom is 0.262 e. The lowest BCUT2D eigenvalue weighted by atomic mass is 9.93. The summed E-state index contributed by atoms with van der Waals surface area (Å²) in [6.07, 6.45) is 8.01. The fraction of sp³-hybridized carbons (Fsp3) is 0.400. The summed E-state index contributed by atoms with van der Waals surface area (Å²) in [7, 11) is 0. The zero-order valence-electron chi connectivity index (χ0n) is 15.8. The molecule has 1 saturated carbocycles. The Hall–Kier alpha value is -3.00. The van der Waals surface area contributed by atoms with Gasteiger partial charge in [-0.3, -0.25) is 4.79 Å². The van der Waals surface area contributed by atoms with Gasteiger partial charge in [-0.25, -0.2) is 15.0 Å². The molecule has 0 radical (unpaired) electrons. The second-order valence-electron chi connectivity index (χ2n) is 7.21. The smallest absolute Gasteiger partial charge is 0.262 e. The molecule has 8 nitrogen and oxygen atoms in total. The zero-order valence-corrected chi connectivity index (χ0v) is 15.8. The molecule has 1 aliphatic rings. The fourth-order valence-corrected chi connectivity index (χ4v) is 3.69. The largest absolute Gasteiger partial charge is 0.393 e. The van der Waals surface area contributed by atoms with Gasteiger partial charge in [-0.1, -0.05) is 0 Å². The molecule has 0 unspecified atom stereocenters. The number of aliphatic hydroxyl groups excluding tert-OH is 1. The first-order chi connectivity index (χ1) is 13.5. The first-order valence-corrected chi connectivity index (χ1v) is 9.62. The van der Waals surface area contributed by atoms with Gasteiger partial charge in [0.1, 0.15) is 5.82 Å². The highest BCUT2D eigenvalue weighted by atomic mass is 16.3. The molecule has 4 rings (SSSR count). The monoisotopic (exact) mass is 380 g/mol. The van der Waals surface area contributed by atoms with Gasteiger partial charge < -0.3 is 20.7 Å². The van der Waals surface area contributed by atoms with E-state index in [1.807, 2.05) is 19.1 Å². The van der Waals surface area contributed by atoms with Crippen molar-refractivity contribution in [3.63, 3.8) is 0 Å². The summed E-state index contributed by atoms with van der Waals surface area (Å²) in [5.74, 6) is 0.771. The van der Waals surface area contributed by atoms with Crippen LogP contribution in [0, 0.1) is 0 Å². The van der Waals surface area contributed by atoms with E-state index in [0.717, 1.165) is 36.6 Å². The van der Waals surface area contributed by atoms with Gasteiger partial charge in [0, 0.05) is 36.7 Å². The third-order valence-electron chi connectivity index (χ3n) is 5.30. The first-order valence-electron chi connectivity index (χ1n) is 9.62. The van der Waals surface area contributed by atoms with Crippen LogP contribution in [0.15, 0.2) is 35.5 Å². The fourth-order valence-electron chi connectivity index (χ4n) is 3.69. The molecule has 0 aromatic carbocycles. The van der Waals surface area contributed by atoms with E-state index in [1.54, 1.807) is 23.2 Å². The average Bonchev–Trinajstić information content (AvgIpc) is 2.70. The van der Waals surface area contributed by atoms with Crippen LogP contribution in [0.25, 0.3) is 22.0 Å². The second kappa shape index (κ2) is 7.55. The Kier molecular flexibility index (Phi) is 4.95. The summed E-state index contributed by atoms with van der Waals surface area (Å²) in [4.78, 5) is 25.8. The lowest BCUT2D eigenvalue weighted by Crippen LogP contribution is -2.29. The van der Waals surface area contributed by atoms with Crippen molar-refractivity contribution in [1.82, 2.24) is 19.5 Å². The van der Waals surface area contributed by atoms with Gasteiger partial charge in [-0.15, -0.1) is 0 Å². The summed E-state index contributed by atoms with van der Waals surface area (Å²) in [5.41, 5.74) is 6.94. The van der Waals surface area contributed by atoms with Gasteiger partial charge in [0.25, 0.3) is 5.56 Å². The van der Waals surface area contributed by atoms with Gasteiger partial charge in [-0.05, 0) is 50.1 Å². The number of nitrogens with one attached hydrogen (secondary N) is 1. The number of nitrogen functional groups attached to an aromatic ring is 1. The predicted octanol–water partition coefficient (Wildman–Crippen LogP) is 2.17. The number of nitrogens with zero attached hydrogens (tertiary/aromatic N) is 4.